The smallest absolute Gasteiger partial charge is 0.273 e. The number of oxazole rings is 1. The average molecular weight is 292 g/mol. The number of rotatable bonds is 4. The standard InChI is InChI=1S/C15H14F2N2O2/c1-9-13(19-8-21-9)14(20)18-7-15(4-5-15)11-3-2-10(16)6-12(11)17/h2-3,6,8H,4-5,7H2,1H3,(H,18,20). The van der Waals surface area contributed by atoms with Crippen molar-refractivity contribution < 1.29 is 18.0 Å². The monoisotopic (exact) mass is 292 g/mol. The molecule has 1 fully saturated rings. The van der Waals surface area contributed by atoms with E-state index in [0.717, 1.165) is 18.9 Å². The molecule has 21 heavy (non-hydrogen) atoms. The Bertz CT molecular complexity index is 693. The van der Waals surface area contributed by atoms with E-state index >= 15 is 0 Å². The van der Waals surface area contributed by atoms with Gasteiger partial charge in [0.15, 0.2) is 12.1 Å². The minimum atomic E-state index is -0.602. The molecule has 0 aliphatic heterocycles. The molecule has 3 rings (SSSR count). The van der Waals surface area contributed by atoms with Crippen molar-refractivity contribution in [3.8, 4) is 0 Å². The van der Waals surface area contributed by atoms with Crippen LogP contribution in [-0.4, -0.2) is 17.4 Å². The quantitative estimate of drug-likeness (QED) is 0.942. The fraction of sp³-hybridized carbons (Fsp3) is 0.333. The molecule has 1 amide bonds. The van der Waals surface area contributed by atoms with Crippen LogP contribution in [0.1, 0.15) is 34.7 Å². The summed E-state index contributed by atoms with van der Waals surface area (Å²) in [6.07, 6.45) is 2.72. The van der Waals surface area contributed by atoms with Crippen molar-refractivity contribution in [2.24, 2.45) is 0 Å². The number of hydrogen-bond donors (Lipinski definition) is 1. The van der Waals surface area contributed by atoms with Gasteiger partial charge in [-0.2, -0.15) is 0 Å². The van der Waals surface area contributed by atoms with Gasteiger partial charge in [0, 0.05) is 18.0 Å². The summed E-state index contributed by atoms with van der Waals surface area (Å²) in [6.45, 7) is 1.94. The number of hydrogen-bond acceptors (Lipinski definition) is 3. The van der Waals surface area contributed by atoms with E-state index in [1.165, 1.54) is 18.5 Å². The highest BCUT2D eigenvalue weighted by molar-refractivity contribution is 5.93. The lowest BCUT2D eigenvalue weighted by Crippen LogP contribution is -2.33. The molecule has 0 spiro atoms. The van der Waals surface area contributed by atoms with E-state index in [1.54, 1.807) is 6.92 Å². The minimum Gasteiger partial charge on any atom is -0.448 e. The van der Waals surface area contributed by atoms with Gasteiger partial charge in [0.25, 0.3) is 5.91 Å². The zero-order valence-corrected chi connectivity index (χ0v) is 11.5. The molecule has 0 radical (unpaired) electrons. The van der Waals surface area contributed by atoms with E-state index < -0.39 is 17.0 Å². The molecular weight excluding hydrogens is 278 g/mol. The predicted octanol–water partition coefficient (Wildman–Crippen LogP) is 2.72. The molecule has 1 aromatic carbocycles. The predicted molar refractivity (Wildman–Crippen MR) is 70.8 cm³/mol. The van der Waals surface area contributed by atoms with Gasteiger partial charge in [0.2, 0.25) is 0 Å². The van der Waals surface area contributed by atoms with Crippen molar-refractivity contribution in [2.75, 3.05) is 6.54 Å². The number of aromatic nitrogens is 1. The van der Waals surface area contributed by atoms with Crippen LogP contribution in [0, 0.1) is 18.6 Å². The van der Waals surface area contributed by atoms with E-state index in [-0.39, 0.29) is 11.6 Å². The number of carbonyl (C=O) groups excluding carboxylic acids is 1. The van der Waals surface area contributed by atoms with Crippen molar-refractivity contribution in [3.05, 3.63) is 53.2 Å². The fourth-order valence-electron chi connectivity index (χ4n) is 2.47. The highest BCUT2D eigenvalue weighted by atomic mass is 19.1. The molecule has 1 aliphatic rings. The van der Waals surface area contributed by atoms with Crippen molar-refractivity contribution in [1.29, 1.82) is 0 Å². The highest BCUT2D eigenvalue weighted by Crippen LogP contribution is 2.48. The van der Waals surface area contributed by atoms with Gasteiger partial charge in [0.05, 0.1) is 0 Å². The third kappa shape index (κ3) is 2.53. The summed E-state index contributed by atoms with van der Waals surface area (Å²) >= 11 is 0. The second-order valence-electron chi connectivity index (χ2n) is 5.34. The second kappa shape index (κ2) is 4.95. The first-order valence-corrected chi connectivity index (χ1v) is 6.66. The van der Waals surface area contributed by atoms with E-state index in [9.17, 15) is 13.6 Å². The molecule has 0 bridgehead atoms. The Morgan fingerprint density at radius 3 is 2.76 bits per heavy atom. The summed E-state index contributed by atoms with van der Waals surface area (Å²) in [6, 6.07) is 3.56. The molecule has 1 aliphatic carbocycles. The first kappa shape index (κ1) is 13.7. The molecule has 0 atom stereocenters. The van der Waals surface area contributed by atoms with Gasteiger partial charge in [-0.3, -0.25) is 4.79 Å². The number of aryl methyl sites for hydroxylation is 1. The van der Waals surface area contributed by atoms with Crippen LogP contribution in [0.15, 0.2) is 29.0 Å². The lowest BCUT2D eigenvalue weighted by molar-refractivity contribution is 0.0943. The normalized spacial score (nSPS) is 15.8. The Hall–Kier alpha value is -2.24. The van der Waals surface area contributed by atoms with Crippen LogP contribution in [0.5, 0.6) is 0 Å². The van der Waals surface area contributed by atoms with Crippen molar-refractivity contribution in [3.63, 3.8) is 0 Å². The molecule has 1 N–H and O–H groups in total. The van der Waals surface area contributed by atoms with Gasteiger partial charge in [0.1, 0.15) is 17.4 Å². The van der Waals surface area contributed by atoms with E-state index in [1.807, 2.05) is 0 Å². The maximum Gasteiger partial charge on any atom is 0.273 e. The SMILES string of the molecule is Cc1ocnc1C(=O)NCC1(c2ccc(F)cc2F)CC1. The van der Waals surface area contributed by atoms with E-state index in [0.29, 0.717) is 17.9 Å². The van der Waals surface area contributed by atoms with Gasteiger partial charge in [-0.15, -0.1) is 0 Å². The van der Waals surface area contributed by atoms with Crippen molar-refractivity contribution >= 4 is 5.91 Å². The highest BCUT2D eigenvalue weighted by Gasteiger charge is 2.46. The van der Waals surface area contributed by atoms with E-state index in [2.05, 4.69) is 10.3 Å². The number of nitrogens with one attached hydrogen (secondary N) is 1. The molecule has 1 aromatic heterocycles. The molecular formula is C15H14F2N2O2. The fourth-order valence-corrected chi connectivity index (χ4v) is 2.47. The first-order chi connectivity index (χ1) is 10.0. The number of halogens is 2. The third-order valence-electron chi connectivity index (χ3n) is 3.90. The zero-order valence-electron chi connectivity index (χ0n) is 11.5. The summed E-state index contributed by atoms with van der Waals surface area (Å²) in [5.74, 6) is -1.09. The number of benzene rings is 1. The van der Waals surface area contributed by atoms with Crippen LogP contribution in [-0.2, 0) is 5.41 Å². The summed E-state index contributed by atoms with van der Waals surface area (Å²) in [7, 11) is 0. The Balaban J connectivity index is 1.73. The van der Waals surface area contributed by atoms with Crippen LogP contribution in [0.2, 0.25) is 0 Å². The van der Waals surface area contributed by atoms with Crippen LogP contribution >= 0.6 is 0 Å². The number of amides is 1. The van der Waals surface area contributed by atoms with Crippen LogP contribution in [0.25, 0.3) is 0 Å². The van der Waals surface area contributed by atoms with Gasteiger partial charge >= 0.3 is 0 Å². The van der Waals surface area contributed by atoms with Crippen LogP contribution < -0.4 is 5.32 Å². The average Bonchev–Trinajstić information content (AvgIpc) is 3.10. The summed E-state index contributed by atoms with van der Waals surface area (Å²) in [4.78, 5) is 15.8. The largest absolute Gasteiger partial charge is 0.448 e. The maximum absolute atomic E-state index is 13.9. The zero-order chi connectivity index (χ0) is 15.0. The maximum atomic E-state index is 13.9. The topological polar surface area (TPSA) is 55.1 Å². The minimum absolute atomic E-state index is 0.227. The Labute approximate surface area is 120 Å². The van der Waals surface area contributed by atoms with Crippen molar-refractivity contribution in [2.45, 2.75) is 25.2 Å². The summed E-state index contributed by atoms with van der Waals surface area (Å²) in [5.41, 5.74) is 0.233. The second-order valence-corrected chi connectivity index (χ2v) is 5.34. The van der Waals surface area contributed by atoms with Gasteiger partial charge < -0.3 is 9.73 Å². The molecule has 4 nitrogen and oxygen atoms in total. The molecule has 6 heteroatoms. The Morgan fingerprint density at radius 1 is 1.43 bits per heavy atom. The number of nitrogens with zero attached hydrogens (tertiary/aromatic N) is 1. The lowest BCUT2D eigenvalue weighted by atomic mass is 9.95. The van der Waals surface area contributed by atoms with Gasteiger partial charge in [-0.05, 0) is 31.4 Å². The molecule has 0 unspecified atom stereocenters. The van der Waals surface area contributed by atoms with Crippen LogP contribution in [0.4, 0.5) is 8.78 Å². The summed E-state index contributed by atoms with van der Waals surface area (Å²) in [5, 5.41) is 2.75. The Morgan fingerprint density at radius 2 is 2.19 bits per heavy atom. The van der Waals surface area contributed by atoms with Gasteiger partial charge in [-0.1, -0.05) is 6.07 Å². The molecule has 110 valence electrons. The summed E-state index contributed by atoms with van der Waals surface area (Å²) < 4.78 is 31.8. The van der Waals surface area contributed by atoms with Crippen LogP contribution in [0.3, 0.4) is 0 Å². The lowest BCUT2D eigenvalue weighted by Gasteiger charge is -2.17. The van der Waals surface area contributed by atoms with Crippen molar-refractivity contribution in [1.82, 2.24) is 10.3 Å². The Kier molecular flexibility index (Phi) is 3.23. The third-order valence-corrected chi connectivity index (χ3v) is 3.90. The number of carbonyl (C=O) groups is 1. The molecule has 0 saturated heterocycles. The molecule has 2 aromatic rings. The van der Waals surface area contributed by atoms with Gasteiger partial charge in [-0.25, -0.2) is 13.8 Å². The molecule has 1 saturated carbocycles. The first-order valence-electron chi connectivity index (χ1n) is 6.66. The molecule has 1 heterocycles. The van der Waals surface area contributed by atoms with E-state index in [4.69, 9.17) is 4.42 Å².